The largest absolute Gasteiger partial charge is 0.492 e. The number of hydrazone groups is 1. The molecule has 2 aliphatic rings. The number of rotatable bonds is 10. The van der Waals surface area contributed by atoms with E-state index in [9.17, 15) is 4.79 Å². The number of ether oxygens (including phenoxy) is 2. The number of benzene rings is 4. The summed E-state index contributed by atoms with van der Waals surface area (Å²) in [7, 11) is 0. The van der Waals surface area contributed by atoms with Crippen LogP contribution in [-0.4, -0.2) is 44.7 Å². The van der Waals surface area contributed by atoms with Gasteiger partial charge in [-0.2, -0.15) is 15.1 Å². The van der Waals surface area contributed by atoms with Crippen molar-refractivity contribution in [3.05, 3.63) is 138 Å². The van der Waals surface area contributed by atoms with Gasteiger partial charge in [0.05, 0.1) is 12.1 Å². The Morgan fingerprint density at radius 1 is 0.830 bits per heavy atom. The summed E-state index contributed by atoms with van der Waals surface area (Å²) >= 11 is 1.24. The first kappa shape index (κ1) is 30.3. The van der Waals surface area contributed by atoms with Crippen molar-refractivity contribution >= 4 is 50.7 Å². The van der Waals surface area contributed by atoms with Gasteiger partial charge in [0.15, 0.2) is 5.84 Å². The Morgan fingerprint density at radius 3 is 2.26 bits per heavy atom. The molecule has 0 saturated carbocycles. The van der Waals surface area contributed by atoms with Gasteiger partial charge in [-0.1, -0.05) is 92.7 Å². The van der Waals surface area contributed by atoms with Gasteiger partial charge in [0.25, 0.3) is 5.91 Å². The molecule has 0 spiro atoms. The summed E-state index contributed by atoms with van der Waals surface area (Å²) in [6.07, 6.45) is 3.73. The molecule has 0 unspecified atom stereocenters. The van der Waals surface area contributed by atoms with Crippen molar-refractivity contribution in [3.63, 3.8) is 0 Å². The Labute approximate surface area is 277 Å². The molecule has 0 bridgehead atoms. The second-order valence-electron chi connectivity index (χ2n) is 11.8. The first-order valence-corrected chi connectivity index (χ1v) is 16.2. The molecule has 0 atom stereocenters. The van der Waals surface area contributed by atoms with E-state index in [1.165, 1.54) is 27.9 Å². The predicted octanol–water partition coefficient (Wildman–Crippen LogP) is 7.74. The van der Waals surface area contributed by atoms with Crippen molar-refractivity contribution in [3.8, 4) is 11.5 Å². The lowest BCUT2D eigenvalue weighted by molar-refractivity contribution is -0.114. The number of nitrogens with one attached hydrogen (secondary N) is 1. The highest BCUT2D eigenvalue weighted by Crippen LogP contribution is 2.33. The van der Waals surface area contributed by atoms with Crippen molar-refractivity contribution < 1.29 is 14.3 Å². The fourth-order valence-electron chi connectivity index (χ4n) is 5.73. The van der Waals surface area contributed by atoms with Crippen LogP contribution < -0.4 is 9.47 Å². The first-order chi connectivity index (χ1) is 22.9. The minimum atomic E-state index is -0.465. The molecular weight excluding hydrogens is 607 g/mol. The van der Waals surface area contributed by atoms with Crippen molar-refractivity contribution in [2.45, 2.75) is 25.8 Å². The summed E-state index contributed by atoms with van der Waals surface area (Å²) < 4.78 is 14.1. The average Bonchev–Trinajstić information content (AvgIpc) is 3.68. The van der Waals surface area contributed by atoms with Gasteiger partial charge in [-0.15, -0.1) is 0 Å². The molecular formula is C38H33N5O3S. The summed E-state index contributed by atoms with van der Waals surface area (Å²) in [5.41, 5.74) is 4.39. The number of para-hydroxylation sites is 2. The Hall–Kier alpha value is -5.41. The van der Waals surface area contributed by atoms with E-state index in [1.54, 1.807) is 6.08 Å². The number of fused-ring (bicyclic) bond motifs is 2. The Balaban J connectivity index is 1.05. The monoisotopic (exact) mass is 639 g/mol. The molecule has 0 radical (unpaired) electrons. The molecule has 0 saturated heterocycles. The fourth-order valence-corrected chi connectivity index (χ4v) is 6.53. The zero-order chi connectivity index (χ0) is 32.4. The van der Waals surface area contributed by atoms with E-state index in [1.807, 2.05) is 79.0 Å². The standard InChI is InChI=1S/C38H33N5O3S/c1-38(2,27-11-5-3-6-12-27)28-17-19-30(20-18-28)45-22-21-42-24-26(31-15-9-10-16-33(31)42)23-32-35(39)43-37(40-36(32)44)47-34(41-43)25-46-29-13-7-4-8-14-29/h3-20,23-24,39H,21-22,25H2,1-2H3/b32-23-,39-35?. The number of hydrogen-bond acceptors (Lipinski definition) is 6. The lowest BCUT2D eigenvalue weighted by atomic mass is 9.78. The maximum absolute atomic E-state index is 13.1. The molecule has 0 fully saturated rings. The highest BCUT2D eigenvalue weighted by atomic mass is 32.2. The van der Waals surface area contributed by atoms with Gasteiger partial charge in [-0.3, -0.25) is 10.2 Å². The van der Waals surface area contributed by atoms with Crippen molar-refractivity contribution in [1.82, 2.24) is 9.58 Å². The van der Waals surface area contributed by atoms with Crippen LogP contribution in [0.4, 0.5) is 0 Å². The van der Waals surface area contributed by atoms with E-state index in [0.29, 0.717) is 23.4 Å². The van der Waals surface area contributed by atoms with Crippen LogP contribution in [0.25, 0.3) is 17.0 Å². The maximum Gasteiger partial charge on any atom is 0.283 e. The summed E-state index contributed by atoms with van der Waals surface area (Å²) in [4.78, 5) is 17.4. The molecule has 2 aliphatic heterocycles. The second-order valence-corrected chi connectivity index (χ2v) is 12.8. The number of hydrogen-bond donors (Lipinski definition) is 1. The average molecular weight is 640 g/mol. The summed E-state index contributed by atoms with van der Waals surface area (Å²) in [6, 6.07) is 36.3. The van der Waals surface area contributed by atoms with Crippen LogP contribution in [0.2, 0.25) is 0 Å². The maximum atomic E-state index is 13.1. The van der Waals surface area contributed by atoms with Gasteiger partial charge >= 0.3 is 0 Å². The van der Waals surface area contributed by atoms with Crippen LogP contribution in [0.15, 0.2) is 131 Å². The van der Waals surface area contributed by atoms with Crippen LogP contribution in [0.1, 0.15) is 30.5 Å². The molecule has 7 rings (SSSR count). The van der Waals surface area contributed by atoms with Crippen molar-refractivity contribution in [2.24, 2.45) is 10.1 Å². The van der Waals surface area contributed by atoms with Gasteiger partial charge in [-0.25, -0.2) is 0 Å². The van der Waals surface area contributed by atoms with Gasteiger partial charge < -0.3 is 14.0 Å². The third kappa shape index (κ3) is 6.22. The lowest BCUT2D eigenvalue weighted by Gasteiger charge is -2.26. The number of carbonyl (C=O) groups excluding carboxylic acids is 1. The number of carbonyl (C=O) groups is 1. The molecule has 9 heteroatoms. The molecule has 1 aromatic heterocycles. The van der Waals surface area contributed by atoms with E-state index in [0.717, 1.165) is 28.0 Å². The predicted molar refractivity (Wildman–Crippen MR) is 189 cm³/mol. The number of aliphatic imine (C=N–C) groups is 1. The second kappa shape index (κ2) is 12.8. The van der Waals surface area contributed by atoms with Crippen LogP contribution in [-0.2, 0) is 16.8 Å². The normalized spacial score (nSPS) is 15.5. The van der Waals surface area contributed by atoms with Crippen LogP contribution in [0, 0.1) is 5.41 Å². The smallest absolute Gasteiger partial charge is 0.283 e. The number of thioether (sulfide) groups is 1. The molecule has 4 aromatic carbocycles. The van der Waals surface area contributed by atoms with E-state index in [4.69, 9.17) is 14.9 Å². The molecule has 234 valence electrons. The van der Waals surface area contributed by atoms with E-state index < -0.39 is 5.91 Å². The number of amides is 1. The number of nitrogens with zero attached hydrogens (tertiary/aromatic N) is 4. The molecule has 5 aromatic rings. The van der Waals surface area contributed by atoms with E-state index in [2.05, 4.69) is 64.9 Å². The lowest BCUT2D eigenvalue weighted by Crippen LogP contribution is -2.35. The van der Waals surface area contributed by atoms with Gasteiger partial charge in [-0.05, 0) is 59.3 Å². The van der Waals surface area contributed by atoms with Crippen molar-refractivity contribution in [1.29, 1.82) is 5.41 Å². The van der Waals surface area contributed by atoms with E-state index >= 15 is 0 Å². The Kier molecular flexibility index (Phi) is 8.22. The highest BCUT2D eigenvalue weighted by Gasteiger charge is 2.36. The summed E-state index contributed by atoms with van der Waals surface area (Å²) in [5, 5.41) is 16.7. The Morgan fingerprint density at radius 2 is 1.49 bits per heavy atom. The third-order valence-electron chi connectivity index (χ3n) is 8.39. The third-order valence-corrected chi connectivity index (χ3v) is 9.28. The van der Waals surface area contributed by atoms with Crippen molar-refractivity contribution in [2.75, 3.05) is 13.2 Å². The highest BCUT2D eigenvalue weighted by molar-refractivity contribution is 8.27. The minimum absolute atomic E-state index is 0.0127. The van der Waals surface area contributed by atoms with E-state index in [-0.39, 0.29) is 23.4 Å². The number of amidine groups is 2. The first-order valence-electron chi connectivity index (χ1n) is 15.4. The minimum Gasteiger partial charge on any atom is -0.492 e. The topological polar surface area (TPSA) is 92.3 Å². The molecule has 8 nitrogen and oxygen atoms in total. The summed E-state index contributed by atoms with van der Waals surface area (Å²) in [5.74, 6) is 1.05. The van der Waals surface area contributed by atoms with Crippen LogP contribution in [0.3, 0.4) is 0 Å². The van der Waals surface area contributed by atoms with Gasteiger partial charge in [0.2, 0.25) is 5.17 Å². The molecule has 47 heavy (non-hydrogen) atoms. The van der Waals surface area contributed by atoms with Crippen LogP contribution in [0.5, 0.6) is 11.5 Å². The van der Waals surface area contributed by atoms with Crippen LogP contribution >= 0.6 is 11.8 Å². The number of aromatic nitrogens is 1. The SMILES string of the molecule is CC(C)(c1ccccc1)c1ccc(OCCn2cc(/C=C3/C(=N)N4N=C(COc5ccccc5)SC4=NC3=O)c3ccccc32)cc1. The Bertz CT molecular complexity index is 2050. The summed E-state index contributed by atoms with van der Waals surface area (Å²) in [6.45, 7) is 5.74. The zero-order valence-corrected chi connectivity index (χ0v) is 26.9. The quantitative estimate of drug-likeness (QED) is 0.158. The molecule has 0 aliphatic carbocycles. The molecule has 1 amide bonds. The fraction of sp³-hybridized carbons (Fsp3) is 0.158. The molecule has 3 heterocycles. The zero-order valence-electron chi connectivity index (χ0n) is 26.1. The van der Waals surface area contributed by atoms with Gasteiger partial charge in [0, 0.05) is 28.1 Å². The molecule has 1 N–H and O–H groups in total. The van der Waals surface area contributed by atoms with Gasteiger partial charge in [0.1, 0.15) is 29.8 Å².